The van der Waals surface area contributed by atoms with Crippen molar-refractivity contribution in [3.63, 3.8) is 0 Å². The van der Waals surface area contributed by atoms with Crippen LogP contribution in [0.5, 0.6) is 5.88 Å². The van der Waals surface area contributed by atoms with Gasteiger partial charge in [-0.15, -0.1) is 0 Å². The molecule has 10 heteroatoms. The van der Waals surface area contributed by atoms with Crippen LogP contribution in [-0.2, 0) is 10.0 Å². The molecule has 1 fully saturated rings. The van der Waals surface area contributed by atoms with Gasteiger partial charge in [0.25, 0.3) is 15.9 Å². The summed E-state index contributed by atoms with van der Waals surface area (Å²) >= 11 is 0. The molecule has 44 heavy (non-hydrogen) atoms. The molecule has 2 atom stereocenters. The first kappa shape index (κ1) is 31.9. The van der Waals surface area contributed by atoms with Crippen molar-refractivity contribution in [2.45, 2.75) is 78.3 Å². The van der Waals surface area contributed by atoms with Crippen LogP contribution in [0.25, 0.3) is 11.3 Å². The first-order valence-electron chi connectivity index (χ1n) is 15.5. The van der Waals surface area contributed by atoms with E-state index in [2.05, 4.69) is 54.2 Å². The number of carbonyl (C=O) groups is 1. The predicted octanol–water partition coefficient (Wildman–Crippen LogP) is 5.93. The molecule has 1 aromatic heterocycles. The molecule has 1 N–H and O–H groups in total. The van der Waals surface area contributed by atoms with Crippen LogP contribution in [0.15, 0.2) is 53.4 Å². The van der Waals surface area contributed by atoms with Gasteiger partial charge in [-0.25, -0.2) is 18.1 Å². The number of anilines is 1. The van der Waals surface area contributed by atoms with E-state index in [0.29, 0.717) is 30.9 Å². The minimum atomic E-state index is -4.10. The zero-order valence-electron chi connectivity index (χ0n) is 26.9. The highest BCUT2D eigenvalue weighted by molar-refractivity contribution is 7.92. The number of fused-ring (bicyclic) bond motifs is 6. The molecule has 0 saturated carbocycles. The van der Waals surface area contributed by atoms with Crippen LogP contribution in [0, 0.1) is 25.2 Å². The molecule has 3 aromatic rings. The van der Waals surface area contributed by atoms with E-state index < -0.39 is 16.1 Å². The molecule has 1 amide bonds. The summed E-state index contributed by atoms with van der Waals surface area (Å²) in [5.74, 6) is 0.279. The number of nitrogens with one attached hydrogen (secondary N) is 1. The standard InChI is InChI=1S/C34H45N5O4S/c1-22(2)18-28-29-21-38(15-14-34(5,6)7)16-17-39(28)32(40)25-12-9-13-26(19-25)44(41,42)37-33-35-27(20-30(36-33)43-29)31-23(3)10-8-11-24(31)4/h8-13,19-20,22,28-29H,14-18,21H2,1-7H3,(H,35,36,37). The zero-order valence-corrected chi connectivity index (χ0v) is 27.7. The van der Waals surface area contributed by atoms with Gasteiger partial charge in [0, 0.05) is 36.8 Å². The Morgan fingerprint density at radius 3 is 2.41 bits per heavy atom. The number of ether oxygens (including phenoxy) is 1. The lowest BCUT2D eigenvalue weighted by molar-refractivity contribution is 0.0418. The van der Waals surface area contributed by atoms with Gasteiger partial charge in [0.15, 0.2) is 0 Å². The zero-order chi connectivity index (χ0) is 31.8. The molecular weight excluding hydrogens is 574 g/mol. The molecule has 236 valence electrons. The monoisotopic (exact) mass is 619 g/mol. The maximum Gasteiger partial charge on any atom is 0.264 e. The Morgan fingerprint density at radius 2 is 1.73 bits per heavy atom. The molecule has 0 radical (unpaired) electrons. The molecule has 6 bridgehead atoms. The molecule has 5 rings (SSSR count). The molecule has 2 unspecified atom stereocenters. The number of aryl methyl sites for hydroxylation is 2. The average Bonchev–Trinajstić information content (AvgIpc) is 3.09. The maximum absolute atomic E-state index is 14.2. The lowest BCUT2D eigenvalue weighted by Gasteiger charge is -2.36. The van der Waals surface area contributed by atoms with E-state index in [1.165, 1.54) is 12.1 Å². The molecular formula is C34H45N5O4S. The van der Waals surface area contributed by atoms with Crippen molar-refractivity contribution in [1.82, 2.24) is 19.8 Å². The minimum absolute atomic E-state index is 0.0234. The number of hydrogen-bond donors (Lipinski definition) is 1. The normalized spacial score (nSPS) is 20.5. The van der Waals surface area contributed by atoms with Crippen molar-refractivity contribution < 1.29 is 17.9 Å². The first-order chi connectivity index (χ1) is 20.7. The smallest absolute Gasteiger partial charge is 0.264 e. The van der Waals surface area contributed by atoms with Crippen molar-refractivity contribution in [1.29, 1.82) is 0 Å². The molecule has 2 aliphatic heterocycles. The largest absolute Gasteiger partial charge is 0.471 e. The van der Waals surface area contributed by atoms with E-state index >= 15 is 0 Å². The van der Waals surface area contributed by atoms with Gasteiger partial charge < -0.3 is 9.64 Å². The summed E-state index contributed by atoms with van der Waals surface area (Å²) in [5, 5.41) is 0. The van der Waals surface area contributed by atoms with E-state index in [4.69, 9.17) is 4.74 Å². The average molecular weight is 620 g/mol. The highest BCUT2D eigenvalue weighted by Crippen LogP contribution is 2.32. The van der Waals surface area contributed by atoms with E-state index in [1.54, 1.807) is 18.2 Å². The van der Waals surface area contributed by atoms with Gasteiger partial charge in [-0.1, -0.05) is 58.9 Å². The van der Waals surface area contributed by atoms with Gasteiger partial charge in [-0.3, -0.25) is 9.69 Å². The van der Waals surface area contributed by atoms with Gasteiger partial charge >= 0.3 is 0 Å². The van der Waals surface area contributed by atoms with Crippen LogP contribution < -0.4 is 9.46 Å². The summed E-state index contributed by atoms with van der Waals surface area (Å²) in [6.07, 6.45) is 1.32. The third-order valence-corrected chi connectivity index (χ3v) is 9.73. The Morgan fingerprint density at radius 1 is 1.02 bits per heavy atom. The lowest BCUT2D eigenvalue weighted by Crippen LogP contribution is -2.50. The van der Waals surface area contributed by atoms with Crippen molar-refractivity contribution >= 4 is 21.9 Å². The van der Waals surface area contributed by atoms with Crippen molar-refractivity contribution in [2.24, 2.45) is 11.3 Å². The quantitative estimate of drug-likeness (QED) is 0.377. The number of amides is 1. The Balaban J connectivity index is 1.70. The Hall–Kier alpha value is -3.50. The van der Waals surface area contributed by atoms with E-state index in [9.17, 15) is 13.2 Å². The Bertz CT molecular complexity index is 1610. The molecule has 2 aromatic carbocycles. The SMILES string of the molecule is Cc1cccc(C)c1-c1cc2nc(n1)NS(=O)(=O)c1cccc(c1)C(=O)N1CCN(CCC(C)(C)C)CC(O2)C1CC(C)C. The van der Waals surface area contributed by atoms with Crippen molar-refractivity contribution in [3.8, 4) is 17.1 Å². The number of carbonyl (C=O) groups excluding carboxylic acids is 1. The number of sulfonamides is 1. The minimum Gasteiger partial charge on any atom is -0.471 e. The Kier molecular flexibility index (Phi) is 9.05. The summed E-state index contributed by atoms with van der Waals surface area (Å²) in [7, 11) is -4.10. The fraction of sp³-hybridized carbons (Fsp3) is 0.500. The second kappa shape index (κ2) is 12.5. The second-order valence-corrected chi connectivity index (χ2v) is 15.5. The third kappa shape index (κ3) is 7.24. The van der Waals surface area contributed by atoms with Crippen LogP contribution in [0.4, 0.5) is 5.95 Å². The molecule has 9 nitrogen and oxygen atoms in total. The predicted molar refractivity (Wildman–Crippen MR) is 173 cm³/mol. The van der Waals surface area contributed by atoms with Crippen molar-refractivity contribution in [2.75, 3.05) is 30.9 Å². The lowest BCUT2D eigenvalue weighted by atomic mass is 9.92. The topological polar surface area (TPSA) is 105 Å². The summed E-state index contributed by atoms with van der Waals surface area (Å²) < 4.78 is 36.5. The Labute approximate surface area is 262 Å². The van der Waals surface area contributed by atoms with Gasteiger partial charge in [-0.05, 0) is 73.9 Å². The van der Waals surface area contributed by atoms with Crippen LogP contribution in [-0.4, -0.2) is 72.4 Å². The molecule has 3 heterocycles. The maximum atomic E-state index is 14.2. The van der Waals surface area contributed by atoms with Crippen LogP contribution >= 0.6 is 0 Å². The molecule has 1 saturated heterocycles. The number of nitrogens with zero attached hydrogens (tertiary/aromatic N) is 4. The summed E-state index contributed by atoms with van der Waals surface area (Å²) in [5.41, 5.74) is 3.96. The van der Waals surface area contributed by atoms with Gasteiger partial charge in [0.2, 0.25) is 11.8 Å². The number of aromatic nitrogens is 2. The van der Waals surface area contributed by atoms with Crippen LogP contribution in [0.1, 0.15) is 68.9 Å². The summed E-state index contributed by atoms with van der Waals surface area (Å²) in [6, 6.07) is 13.8. The number of hydrogen-bond acceptors (Lipinski definition) is 7. The number of benzene rings is 2. The highest BCUT2D eigenvalue weighted by atomic mass is 32.2. The fourth-order valence-corrected chi connectivity index (χ4v) is 7.07. The van der Waals surface area contributed by atoms with E-state index in [-0.39, 0.29) is 40.0 Å². The fourth-order valence-electron chi connectivity index (χ4n) is 6.08. The van der Waals surface area contributed by atoms with Gasteiger partial charge in [0.1, 0.15) is 6.10 Å². The molecule has 0 spiro atoms. The number of rotatable bonds is 5. The molecule has 2 aliphatic rings. The van der Waals surface area contributed by atoms with E-state index in [1.807, 2.05) is 36.9 Å². The van der Waals surface area contributed by atoms with Crippen molar-refractivity contribution in [3.05, 3.63) is 65.2 Å². The van der Waals surface area contributed by atoms with E-state index in [0.717, 1.165) is 36.1 Å². The summed E-state index contributed by atoms with van der Waals surface area (Å²) in [6.45, 7) is 17.7. The van der Waals surface area contributed by atoms with Crippen LogP contribution in [0.3, 0.4) is 0 Å². The summed E-state index contributed by atoms with van der Waals surface area (Å²) in [4.78, 5) is 27.7. The molecule has 0 aliphatic carbocycles. The third-order valence-electron chi connectivity index (χ3n) is 8.41. The van der Waals surface area contributed by atoms with Gasteiger partial charge in [-0.2, -0.15) is 4.98 Å². The second-order valence-electron chi connectivity index (χ2n) is 13.8. The highest BCUT2D eigenvalue weighted by Gasteiger charge is 2.38. The van der Waals surface area contributed by atoms with Crippen LogP contribution in [0.2, 0.25) is 0 Å². The first-order valence-corrected chi connectivity index (χ1v) is 17.0. The van der Waals surface area contributed by atoms with Gasteiger partial charge in [0.05, 0.1) is 16.6 Å².